The Balaban J connectivity index is 1.21. The van der Waals surface area contributed by atoms with Gasteiger partial charge in [0.05, 0.1) is 0 Å². The van der Waals surface area contributed by atoms with Crippen LogP contribution in [0.25, 0.3) is 81.8 Å². The number of rotatable bonds is 6. The molecule has 8 aromatic rings. The van der Waals surface area contributed by atoms with Gasteiger partial charge in [0.2, 0.25) is 0 Å². The van der Waals surface area contributed by atoms with Gasteiger partial charge >= 0.3 is 0 Å². The number of hydrogen-bond donors (Lipinski definition) is 0. The molecule has 3 heterocycles. The fourth-order valence-corrected chi connectivity index (χ4v) is 8.22. The largest absolute Gasteiger partial charge is 0.456 e. The third-order valence-electron chi connectivity index (χ3n) is 9.93. The average molecular weight is 654 g/mol. The van der Waals surface area contributed by atoms with Crippen molar-refractivity contribution < 1.29 is 4.42 Å². The van der Waals surface area contributed by atoms with Crippen LogP contribution in [0.1, 0.15) is 50.7 Å². The molecule has 9 rings (SSSR count). The highest BCUT2D eigenvalue weighted by atomic mass is 32.1. The van der Waals surface area contributed by atoms with E-state index in [0.717, 1.165) is 51.5 Å². The minimum absolute atomic E-state index is 0.444. The molecule has 0 N–H and O–H groups in total. The molecule has 49 heavy (non-hydrogen) atoms. The molecule has 0 radical (unpaired) electrons. The first kappa shape index (κ1) is 29.7. The lowest BCUT2D eigenvalue weighted by atomic mass is 9.91. The van der Waals surface area contributed by atoms with Crippen molar-refractivity contribution in [3.05, 3.63) is 132 Å². The second-order valence-corrected chi connectivity index (χ2v) is 14.4. The van der Waals surface area contributed by atoms with Crippen LogP contribution in [0.3, 0.4) is 0 Å². The lowest BCUT2D eigenvalue weighted by Gasteiger charge is -2.13. The van der Waals surface area contributed by atoms with Crippen molar-refractivity contribution in [2.75, 3.05) is 0 Å². The fourth-order valence-electron chi connectivity index (χ4n) is 7.07. The molecule has 1 aliphatic rings. The van der Waals surface area contributed by atoms with Crippen molar-refractivity contribution in [3.63, 3.8) is 0 Å². The van der Waals surface area contributed by atoms with E-state index in [4.69, 9.17) is 19.4 Å². The second kappa shape index (κ2) is 11.9. The lowest BCUT2D eigenvalue weighted by molar-refractivity contribution is 0.669. The summed E-state index contributed by atoms with van der Waals surface area (Å²) in [5.41, 5.74) is 8.29. The first-order valence-electron chi connectivity index (χ1n) is 17.1. The number of thiophene rings is 1. The average Bonchev–Trinajstić information content (AvgIpc) is 3.72. The Morgan fingerprint density at radius 3 is 2.22 bits per heavy atom. The van der Waals surface area contributed by atoms with Gasteiger partial charge in [-0.1, -0.05) is 106 Å². The highest BCUT2D eigenvalue weighted by Crippen LogP contribution is 2.39. The van der Waals surface area contributed by atoms with Gasteiger partial charge < -0.3 is 4.42 Å². The lowest BCUT2D eigenvalue weighted by Crippen LogP contribution is -2.01. The van der Waals surface area contributed by atoms with Crippen LogP contribution in [-0.2, 0) is 0 Å². The van der Waals surface area contributed by atoms with Crippen molar-refractivity contribution in [2.45, 2.75) is 39.5 Å². The summed E-state index contributed by atoms with van der Waals surface area (Å²) in [6.45, 7) is 6.75. The minimum atomic E-state index is 0.444. The minimum Gasteiger partial charge on any atom is -0.456 e. The summed E-state index contributed by atoms with van der Waals surface area (Å²) in [5, 5.41) is 4.77. The summed E-state index contributed by atoms with van der Waals surface area (Å²) in [6, 6.07) is 36.5. The zero-order valence-electron chi connectivity index (χ0n) is 27.8. The summed E-state index contributed by atoms with van der Waals surface area (Å²) in [4.78, 5) is 15.3. The number of hydrogen-bond acceptors (Lipinski definition) is 5. The molecule has 4 nitrogen and oxygen atoms in total. The van der Waals surface area contributed by atoms with Gasteiger partial charge in [0.1, 0.15) is 11.2 Å². The van der Waals surface area contributed by atoms with Gasteiger partial charge in [0.15, 0.2) is 17.5 Å². The molecule has 2 unspecified atom stereocenters. The first-order valence-corrected chi connectivity index (χ1v) is 18.0. The molecule has 0 spiro atoms. The maximum Gasteiger partial charge on any atom is 0.164 e. The smallest absolute Gasteiger partial charge is 0.164 e. The van der Waals surface area contributed by atoms with E-state index in [1.165, 1.54) is 36.9 Å². The highest BCUT2D eigenvalue weighted by Gasteiger charge is 2.19. The maximum absolute atomic E-state index is 6.51. The molecule has 0 fully saturated rings. The number of furan rings is 1. The zero-order chi connectivity index (χ0) is 33.1. The second-order valence-electron chi connectivity index (χ2n) is 13.3. The highest BCUT2D eigenvalue weighted by molar-refractivity contribution is 7.25. The zero-order valence-corrected chi connectivity index (χ0v) is 28.6. The Morgan fingerprint density at radius 1 is 0.714 bits per heavy atom. The van der Waals surface area contributed by atoms with E-state index < -0.39 is 0 Å². The van der Waals surface area contributed by atoms with Gasteiger partial charge in [-0.15, -0.1) is 11.3 Å². The van der Waals surface area contributed by atoms with Crippen molar-refractivity contribution in [2.24, 2.45) is 5.92 Å². The van der Waals surface area contributed by atoms with E-state index in [1.807, 2.05) is 0 Å². The molecule has 0 amide bonds. The summed E-state index contributed by atoms with van der Waals surface area (Å²) >= 11 is 1.80. The first-order chi connectivity index (χ1) is 24.0. The maximum atomic E-state index is 6.51. The normalized spacial score (nSPS) is 15.4. The predicted molar refractivity (Wildman–Crippen MR) is 206 cm³/mol. The van der Waals surface area contributed by atoms with E-state index in [9.17, 15) is 0 Å². The molecule has 3 aromatic heterocycles. The standard InChI is InChI=1S/C44H35N3OS/c1-4-27(3)28-11-8-13-30(23-28)42-45-43(47-44(46-42)32-18-20-35-34-14-5-6-17-39(34)49-40(35)25-32)31-19-21-36-38(24-31)48-37-16-9-15-33(41(36)37)29-12-7-10-26(2)22-29/h5-9,11-27H,4,10H2,1-3H3. The molecule has 5 heteroatoms. The molecule has 0 saturated carbocycles. The summed E-state index contributed by atoms with van der Waals surface area (Å²) in [5.74, 6) is 2.90. The molecule has 0 aliphatic heterocycles. The van der Waals surface area contributed by atoms with E-state index in [2.05, 4.69) is 142 Å². The van der Waals surface area contributed by atoms with Crippen LogP contribution < -0.4 is 0 Å². The molecule has 2 atom stereocenters. The molecular formula is C44H35N3OS. The van der Waals surface area contributed by atoms with Crippen LogP contribution >= 0.6 is 11.3 Å². The molecule has 1 aliphatic carbocycles. The monoisotopic (exact) mass is 653 g/mol. The van der Waals surface area contributed by atoms with Crippen LogP contribution in [0.15, 0.2) is 126 Å². The number of allylic oxidation sites excluding steroid dienone is 4. The Kier molecular flexibility index (Phi) is 7.24. The SMILES string of the molecule is CCC(C)c1cccc(-c2nc(-c3ccc4c(c3)oc3cccc(C5=CC(C)CC=C5)c34)nc(-c3ccc4c(c3)sc3ccccc34)n2)c1. The van der Waals surface area contributed by atoms with Crippen LogP contribution in [-0.4, -0.2) is 15.0 Å². The number of aromatic nitrogens is 3. The van der Waals surface area contributed by atoms with Gasteiger partial charge in [0, 0.05) is 47.6 Å². The van der Waals surface area contributed by atoms with Gasteiger partial charge in [-0.2, -0.15) is 0 Å². The van der Waals surface area contributed by atoms with Gasteiger partial charge in [0.25, 0.3) is 0 Å². The van der Waals surface area contributed by atoms with E-state index in [-0.39, 0.29) is 0 Å². The van der Waals surface area contributed by atoms with Crippen LogP contribution in [0.4, 0.5) is 0 Å². The van der Waals surface area contributed by atoms with Crippen LogP contribution in [0.2, 0.25) is 0 Å². The van der Waals surface area contributed by atoms with Crippen molar-refractivity contribution in [1.82, 2.24) is 15.0 Å². The van der Waals surface area contributed by atoms with Gasteiger partial charge in [-0.3, -0.25) is 0 Å². The quantitative estimate of drug-likeness (QED) is 0.179. The molecule has 238 valence electrons. The number of fused-ring (bicyclic) bond motifs is 6. The molecular weight excluding hydrogens is 619 g/mol. The Morgan fingerprint density at radius 2 is 1.43 bits per heavy atom. The summed E-state index contributed by atoms with van der Waals surface area (Å²) < 4.78 is 9.01. The summed E-state index contributed by atoms with van der Waals surface area (Å²) in [7, 11) is 0. The fraction of sp³-hybridized carbons (Fsp3) is 0.159. The number of benzene rings is 5. The summed E-state index contributed by atoms with van der Waals surface area (Å²) in [6.07, 6.45) is 9.01. The molecule has 0 bridgehead atoms. The third kappa shape index (κ3) is 5.26. The van der Waals surface area contributed by atoms with Crippen molar-refractivity contribution in [3.8, 4) is 34.2 Å². The third-order valence-corrected chi connectivity index (χ3v) is 11.1. The van der Waals surface area contributed by atoms with E-state index >= 15 is 0 Å². The molecule has 5 aromatic carbocycles. The van der Waals surface area contributed by atoms with E-state index in [1.54, 1.807) is 11.3 Å². The van der Waals surface area contributed by atoms with Crippen LogP contribution in [0.5, 0.6) is 0 Å². The van der Waals surface area contributed by atoms with E-state index in [0.29, 0.717) is 29.3 Å². The number of nitrogens with zero attached hydrogens (tertiary/aromatic N) is 3. The Hall–Kier alpha value is -5.39. The van der Waals surface area contributed by atoms with Crippen molar-refractivity contribution in [1.29, 1.82) is 0 Å². The Labute approximate surface area is 289 Å². The van der Waals surface area contributed by atoms with Crippen LogP contribution in [0, 0.1) is 5.92 Å². The molecule has 0 saturated heterocycles. The Bertz CT molecular complexity index is 2620. The van der Waals surface area contributed by atoms with Gasteiger partial charge in [-0.05, 0) is 77.8 Å². The predicted octanol–water partition coefficient (Wildman–Crippen LogP) is 12.6. The topological polar surface area (TPSA) is 51.8 Å². The van der Waals surface area contributed by atoms with Crippen molar-refractivity contribution >= 4 is 59.0 Å². The van der Waals surface area contributed by atoms with Gasteiger partial charge in [-0.25, -0.2) is 15.0 Å².